The molecule has 0 aliphatic carbocycles. The fourth-order valence-electron chi connectivity index (χ4n) is 2.67. The summed E-state index contributed by atoms with van der Waals surface area (Å²) in [7, 11) is 0. The van der Waals surface area contributed by atoms with E-state index in [1.165, 1.54) is 11.1 Å². The molecule has 4 nitrogen and oxygen atoms in total. The minimum absolute atomic E-state index is 0. The second kappa shape index (κ2) is 6.89. The van der Waals surface area contributed by atoms with Crippen molar-refractivity contribution >= 4 is 34.2 Å². The van der Waals surface area contributed by atoms with E-state index in [0.29, 0.717) is 19.8 Å². The maximum Gasteiger partial charge on any atom is 0.242 e. The molecule has 0 spiro atoms. The first kappa shape index (κ1) is 15.8. The van der Waals surface area contributed by atoms with Gasteiger partial charge in [-0.2, -0.15) is 0 Å². The van der Waals surface area contributed by atoms with Crippen molar-refractivity contribution < 1.29 is 9.53 Å². The average Bonchev–Trinajstić information content (AvgIpc) is 2.47. The second-order valence-corrected chi connectivity index (χ2v) is 5.82. The number of nitrogens with one attached hydrogen (secondary N) is 1. The standard InChI is InChI=1S/C14H17BrN2O2.ClH/c15-12-3-1-2-10-4-6-17(8-11(10)12)14(18)13-9-19-7-5-16-13;/h1-3,13,16H,4-9H2;1H. The third-order valence-electron chi connectivity index (χ3n) is 3.75. The highest BCUT2D eigenvalue weighted by atomic mass is 79.9. The minimum atomic E-state index is -0.183. The lowest BCUT2D eigenvalue weighted by atomic mass is 9.99. The number of carbonyl (C=O) groups is 1. The van der Waals surface area contributed by atoms with Crippen LogP contribution >= 0.6 is 28.3 Å². The predicted molar refractivity (Wildman–Crippen MR) is 83.1 cm³/mol. The van der Waals surface area contributed by atoms with Crippen LogP contribution < -0.4 is 5.32 Å². The molecule has 0 aromatic heterocycles. The Morgan fingerprint density at radius 3 is 3.05 bits per heavy atom. The highest BCUT2D eigenvalue weighted by Gasteiger charge is 2.29. The Kier molecular flexibility index (Phi) is 5.43. The molecule has 1 aromatic carbocycles. The van der Waals surface area contributed by atoms with Gasteiger partial charge in [0.05, 0.1) is 13.2 Å². The monoisotopic (exact) mass is 360 g/mol. The van der Waals surface area contributed by atoms with E-state index in [9.17, 15) is 4.79 Å². The first-order valence-electron chi connectivity index (χ1n) is 6.62. The molecule has 1 unspecified atom stereocenters. The van der Waals surface area contributed by atoms with Gasteiger partial charge in [-0.3, -0.25) is 4.79 Å². The smallest absolute Gasteiger partial charge is 0.242 e. The zero-order chi connectivity index (χ0) is 13.2. The summed E-state index contributed by atoms with van der Waals surface area (Å²) < 4.78 is 6.46. The number of hydrogen-bond acceptors (Lipinski definition) is 3. The molecule has 110 valence electrons. The van der Waals surface area contributed by atoms with Crippen LogP contribution in [0.3, 0.4) is 0 Å². The van der Waals surface area contributed by atoms with Gasteiger partial charge in [0.2, 0.25) is 5.91 Å². The molecule has 1 saturated heterocycles. The third-order valence-corrected chi connectivity index (χ3v) is 4.49. The molecule has 1 atom stereocenters. The summed E-state index contributed by atoms with van der Waals surface area (Å²) in [6, 6.07) is 6.05. The zero-order valence-corrected chi connectivity index (χ0v) is 13.5. The van der Waals surface area contributed by atoms with E-state index in [2.05, 4.69) is 33.4 Å². The van der Waals surface area contributed by atoms with Gasteiger partial charge < -0.3 is 15.0 Å². The van der Waals surface area contributed by atoms with Crippen molar-refractivity contribution in [1.29, 1.82) is 0 Å². The van der Waals surface area contributed by atoms with Crippen molar-refractivity contribution in [3.63, 3.8) is 0 Å². The van der Waals surface area contributed by atoms with Crippen LogP contribution in [0.5, 0.6) is 0 Å². The van der Waals surface area contributed by atoms with E-state index >= 15 is 0 Å². The van der Waals surface area contributed by atoms with Crippen molar-refractivity contribution in [3.05, 3.63) is 33.8 Å². The van der Waals surface area contributed by atoms with Crippen LogP contribution in [0.25, 0.3) is 0 Å². The topological polar surface area (TPSA) is 41.6 Å². The van der Waals surface area contributed by atoms with E-state index in [1.807, 2.05) is 11.0 Å². The summed E-state index contributed by atoms with van der Waals surface area (Å²) in [5.41, 5.74) is 2.57. The lowest BCUT2D eigenvalue weighted by Crippen LogP contribution is -2.53. The highest BCUT2D eigenvalue weighted by molar-refractivity contribution is 9.10. The molecule has 1 amide bonds. The number of ether oxygens (including phenoxy) is 1. The Labute approximate surface area is 133 Å². The summed E-state index contributed by atoms with van der Waals surface area (Å²) in [6.07, 6.45) is 0.925. The van der Waals surface area contributed by atoms with Crippen molar-refractivity contribution in [2.75, 3.05) is 26.3 Å². The average molecular weight is 362 g/mol. The molecule has 20 heavy (non-hydrogen) atoms. The van der Waals surface area contributed by atoms with Gasteiger partial charge in [-0.15, -0.1) is 12.4 Å². The first-order valence-corrected chi connectivity index (χ1v) is 7.41. The molecular formula is C14H18BrClN2O2. The van der Waals surface area contributed by atoms with Crippen molar-refractivity contribution in [3.8, 4) is 0 Å². The lowest BCUT2D eigenvalue weighted by molar-refractivity contribution is -0.137. The number of benzene rings is 1. The van der Waals surface area contributed by atoms with E-state index < -0.39 is 0 Å². The van der Waals surface area contributed by atoms with Crippen molar-refractivity contribution in [2.24, 2.45) is 0 Å². The molecule has 6 heteroatoms. The van der Waals surface area contributed by atoms with Crippen LogP contribution in [-0.2, 0) is 22.5 Å². The van der Waals surface area contributed by atoms with Gasteiger partial charge in [0.25, 0.3) is 0 Å². The van der Waals surface area contributed by atoms with Gasteiger partial charge in [-0.05, 0) is 23.6 Å². The predicted octanol–water partition coefficient (Wildman–Crippen LogP) is 1.74. The highest BCUT2D eigenvalue weighted by Crippen LogP contribution is 2.26. The number of rotatable bonds is 1. The second-order valence-electron chi connectivity index (χ2n) is 4.97. The van der Waals surface area contributed by atoms with Gasteiger partial charge in [-0.1, -0.05) is 28.1 Å². The van der Waals surface area contributed by atoms with Crippen molar-refractivity contribution in [2.45, 2.75) is 19.0 Å². The fourth-order valence-corrected chi connectivity index (χ4v) is 3.21. The Balaban J connectivity index is 0.00000147. The van der Waals surface area contributed by atoms with Gasteiger partial charge >= 0.3 is 0 Å². The van der Waals surface area contributed by atoms with Gasteiger partial charge in [0.15, 0.2) is 0 Å². The quantitative estimate of drug-likeness (QED) is 0.828. The Morgan fingerprint density at radius 2 is 2.30 bits per heavy atom. The Bertz CT molecular complexity index is 492. The molecule has 1 aromatic rings. The number of fused-ring (bicyclic) bond motifs is 1. The fraction of sp³-hybridized carbons (Fsp3) is 0.500. The molecule has 0 radical (unpaired) electrons. The van der Waals surface area contributed by atoms with Crippen LogP contribution in [0.4, 0.5) is 0 Å². The zero-order valence-electron chi connectivity index (χ0n) is 11.1. The molecule has 1 fully saturated rings. The Morgan fingerprint density at radius 1 is 1.45 bits per heavy atom. The number of amides is 1. The summed E-state index contributed by atoms with van der Waals surface area (Å²) in [6.45, 7) is 3.41. The van der Waals surface area contributed by atoms with Crippen LogP contribution in [0.2, 0.25) is 0 Å². The normalized spacial score (nSPS) is 21.9. The van der Waals surface area contributed by atoms with Gasteiger partial charge in [0.1, 0.15) is 6.04 Å². The molecule has 2 heterocycles. The van der Waals surface area contributed by atoms with E-state index in [1.54, 1.807) is 0 Å². The maximum absolute atomic E-state index is 12.4. The van der Waals surface area contributed by atoms with E-state index in [0.717, 1.165) is 24.0 Å². The first-order chi connectivity index (χ1) is 9.25. The van der Waals surface area contributed by atoms with Crippen molar-refractivity contribution in [1.82, 2.24) is 10.2 Å². The number of morpholine rings is 1. The molecule has 2 aliphatic heterocycles. The van der Waals surface area contributed by atoms with Gasteiger partial charge in [0, 0.05) is 24.1 Å². The summed E-state index contributed by atoms with van der Waals surface area (Å²) in [5, 5.41) is 3.23. The van der Waals surface area contributed by atoms with Crippen LogP contribution in [0.15, 0.2) is 22.7 Å². The SMILES string of the molecule is Cl.O=C(C1COCCN1)N1CCc2cccc(Br)c2C1. The molecule has 2 aliphatic rings. The van der Waals surface area contributed by atoms with Crippen LogP contribution in [0, 0.1) is 0 Å². The third kappa shape index (κ3) is 3.17. The molecule has 1 N–H and O–H groups in total. The summed E-state index contributed by atoms with van der Waals surface area (Å²) in [4.78, 5) is 14.4. The van der Waals surface area contributed by atoms with E-state index in [4.69, 9.17) is 4.74 Å². The number of hydrogen-bond donors (Lipinski definition) is 1. The number of carbonyl (C=O) groups excluding carboxylic acids is 1. The summed E-state index contributed by atoms with van der Waals surface area (Å²) in [5.74, 6) is 0.154. The summed E-state index contributed by atoms with van der Waals surface area (Å²) >= 11 is 3.58. The van der Waals surface area contributed by atoms with E-state index in [-0.39, 0.29) is 24.4 Å². The molecule has 0 bridgehead atoms. The number of halogens is 2. The minimum Gasteiger partial charge on any atom is -0.378 e. The lowest BCUT2D eigenvalue weighted by Gasteiger charge is -2.33. The largest absolute Gasteiger partial charge is 0.378 e. The van der Waals surface area contributed by atoms with Gasteiger partial charge in [-0.25, -0.2) is 0 Å². The molecule has 3 rings (SSSR count). The maximum atomic E-state index is 12.4. The van der Waals surface area contributed by atoms with Crippen LogP contribution in [0.1, 0.15) is 11.1 Å². The number of nitrogens with zero attached hydrogens (tertiary/aromatic N) is 1. The molecule has 0 saturated carbocycles. The Hall–Kier alpha value is -0.620. The van der Waals surface area contributed by atoms with Crippen LogP contribution in [-0.4, -0.2) is 43.2 Å². The molecular weight excluding hydrogens is 344 g/mol.